The third-order valence-corrected chi connectivity index (χ3v) is 7.81. The number of halogens is 5. The monoisotopic (exact) mass is 615 g/mol. The summed E-state index contributed by atoms with van der Waals surface area (Å²) in [6.45, 7) is 0. The van der Waals surface area contributed by atoms with E-state index < -0.39 is 47.0 Å². The van der Waals surface area contributed by atoms with Crippen LogP contribution in [0.5, 0.6) is 11.5 Å². The molecule has 6 rings (SSSR count). The van der Waals surface area contributed by atoms with Crippen LogP contribution in [0.4, 0.5) is 34.8 Å². The van der Waals surface area contributed by atoms with Crippen LogP contribution in [-0.4, -0.2) is 26.8 Å². The van der Waals surface area contributed by atoms with Gasteiger partial charge in [0, 0.05) is 18.6 Å². The molecule has 0 spiro atoms. The molecule has 0 saturated heterocycles. The van der Waals surface area contributed by atoms with Gasteiger partial charge in [0.25, 0.3) is 11.6 Å². The van der Waals surface area contributed by atoms with E-state index in [1.165, 1.54) is 29.8 Å². The molecule has 1 aliphatic heterocycles. The van der Waals surface area contributed by atoms with Crippen molar-refractivity contribution in [2.45, 2.75) is 43.9 Å². The molecule has 0 bridgehead atoms. The molecular weight excluding hydrogens is 594 g/mol. The highest BCUT2D eigenvalue weighted by atomic mass is 35.5. The molecule has 0 unspecified atom stereocenters. The van der Waals surface area contributed by atoms with Crippen LogP contribution in [-0.2, 0) is 12.8 Å². The number of aryl methyl sites for hydroxylation is 2. The summed E-state index contributed by atoms with van der Waals surface area (Å²) in [4.78, 5) is 24.2. The number of amides is 1. The Hall–Kier alpha value is -4.65. The van der Waals surface area contributed by atoms with Gasteiger partial charge < -0.3 is 15.4 Å². The van der Waals surface area contributed by atoms with Crippen LogP contribution in [0.3, 0.4) is 0 Å². The summed E-state index contributed by atoms with van der Waals surface area (Å²) in [6.07, 6.45) is -2.35. The summed E-state index contributed by atoms with van der Waals surface area (Å²) in [5.41, 5.74) is 1.77. The number of nitrogens with zero attached hydrogens (tertiary/aromatic N) is 3. The first-order valence-corrected chi connectivity index (χ1v) is 13.6. The second-order valence-corrected chi connectivity index (χ2v) is 10.7. The van der Waals surface area contributed by atoms with E-state index in [0.717, 1.165) is 43.0 Å². The number of anilines is 2. The number of alkyl halides is 3. The molecule has 2 N–H and O–H groups in total. The van der Waals surface area contributed by atoms with E-state index in [0.29, 0.717) is 16.0 Å². The number of nitro benzene ring substituents is 1. The molecule has 2 heterocycles. The van der Waals surface area contributed by atoms with Gasteiger partial charge in [-0.2, -0.15) is 18.3 Å². The maximum atomic E-state index is 14.1. The summed E-state index contributed by atoms with van der Waals surface area (Å²) in [5, 5.41) is 20.4. The maximum Gasteiger partial charge on any atom is 0.410 e. The summed E-state index contributed by atoms with van der Waals surface area (Å²) in [7, 11) is 0. The van der Waals surface area contributed by atoms with E-state index in [9.17, 15) is 32.5 Å². The third-order valence-electron chi connectivity index (χ3n) is 7.45. The van der Waals surface area contributed by atoms with Crippen LogP contribution >= 0.6 is 11.6 Å². The Labute approximate surface area is 246 Å². The van der Waals surface area contributed by atoms with E-state index in [-0.39, 0.29) is 28.0 Å². The summed E-state index contributed by atoms with van der Waals surface area (Å²) < 4.78 is 62.2. The van der Waals surface area contributed by atoms with E-state index in [1.807, 2.05) is 12.1 Å². The van der Waals surface area contributed by atoms with E-state index in [4.69, 9.17) is 16.3 Å². The molecular formula is C29H22ClF4N5O4. The molecule has 0 saturated carbocycles. The number of benzene rings is 3. The van der Waals surface area contributed by atoms with Crippen LogP contribution in [0.25, 0.3) is 0 Å². The number of carbonyl (C=O) groups excluding carboxylic acids is 1. The van der Waals surface area contributed by atoms with Gasteiger partial charge in [0.1, 0.15) is 28.2 Å². The number of carbonyl (C=O) groups is 1. The highest BCUT2D eigenvalue weighted by Gasteiger charge is 2.48. The predicted molar refractivity (Wildman–Crippen MR) is 149 cm³/mol. The van der Waals surface area contributed by atoms with Gasteiger partial charge in [-0.25, -0.2) is 9.07 Å². The van der Waals surface area contributed by atoms with Crippen molar-refractivity contribution in [2.75, 3.05) is 10.6 Å². The van der Waals surface area contributed by atoms with Crippen LogP contribution in [0.1, 0.15) is 52.1 Å². The first kappa shape index (κ1) is 28.5. The van der Waals surface area contributed by atoms with Crippen molar-refractivity contribution in [3.63, 3.8) is 0 Å². The Morgan fingerprint density at radius 1 is 1.07 bits per heavy atom. The van der Waals surface area contributed by atoms with Crippen LogP contribution in [0, 0.1) is 15.9 Å². The fraction of sp³-hybridized carbons (Fsp3) is 0.241. The van der Waals surface area contributed by atoms with Crippen molar-refractivity contribution >= 4 is 34.7 Å². The molecule has 4 aromatic rings. The number of nitrogens with one attached hydrogen (secondary N) is 2. The van der Waals surface area contributed by atoms with E-state index in [1.54, 1.807) is 6.07 Å². The molecule has 0 radical (unpaired) electrons. The maximum absolute atomic E-state index is 14.1. The van der Waals surface area contributed by atoms with E-state index >= 15 is 0 Å². The van der Waals surface area contributed by atoms with Crippen molar-refractivity contribution in [3.05, 3.63) is 104 Å². The first-order valence-electron chi connectivity index (χ1n) is 13.2. The molecule has 0 fully saturated rings. The minimum Gasteiger partial charge on any atom is -0.457 e. The first-order chi connectivity index (χ1) is 20.5. The topological polar surface area (TPSA) is 111 Å². The van der Waals surface area contributed by atoms with Gasteiger partial charge in [0.2, 0.25) is 0 Å². The van der Waals surface area contributed by atoms with Gasteiger partial charge in [0.15, 0.2) is 11.7 Å². The Morgan fingerprint density at radius 2 is 1.81 bits per heavy atom. The Bertz CT molecular complexity index is 1740. The van der Waals surface area contributed by atoms with Gasteiger partial charge >= 0.3 is 6.18 Å². The van der Waals surface area contributed by atoms with Gasteiger partial charge in [-0.15, -0.1) is 0 Å². The number of fused-ring (bicyclic) bond motifs is 2. The van der Waals surface area contributed by atoms with Crippen molar-refractivity contribution < 1.29 is 32.0 Å². The largest absolute Gasteiger partial charge is 0.457 e. The molecule has 2 aliphatic rings. The van der Waals surface area contributed by atoms with Crippen molar-refractivity contribution in [1.29, 1.82) is 0 Å². The van der Waals surface area contributed by atoms with Gasteiger partial charge in [0.05, 0.1) is 22.7 Å². The van der Waals surface area contributed by atoms with E-state index in [2.05, 4.69) is 15.7 Å². The number of rotatable bonds is 6. The number of nitro groups is 1. The Balaban J connectivity index is 1.29. The summed E-state index contributed by atoms with van der Waals surface area (Å²) in [5.74, 6) is -1.25. The van der Waals surface area contributed by atoms with Gasteiger partial charge in [-0.05, 0) is 60.2 Å². The zero-order valence-corrected chi connectivity index (χ0v) is 22.9. The molecule has 9 nitrogen and oxygen atoms in total. The van der Waals surface area contributed by atoms with Crippen molar-refractivity contribution in [3.8, 4) is 11.5 Å². The highest BCUT2D eigenvalue weighted by Crippen LogP contribution is 2.46. The predicted octanol–water partition coefficient (Wildman–Crippen LogP) is 7.78. The lowest BCUT2D eigenvalue weighted by Crippen LogP contribution is -2.35. The molecule has 14 heteroatoms. The fourth-order valence-electron chi connectivity index (χ4n) is 5.41. The van der Waals surface area contributed by atoms with Crippen LogP contribution in [0.15, 0.2) is 60.7 Å². The second-order valence-electron chi connectivity index (χ2n) is 10.3. The fourth-order valence-corrected chi connectivity index (χ4v) is 5.67. The normalized spacial score (nSPS) is 17.5. The molecule has 2 atom stereocenters. The SMILES string of the molecule is O=C(Nc1cc(Oc2ccc3c(c2)CCC3)cc([N+](=O)[O-])c1)c1nn2c(c1Cl)N[C@@H](c1ccc(F)cc1)C[C@H]2C(F)(F)F. The summed E-state index contributed by atoms with van der Waals surface area (Å²) in [6, 6.07) is 11.1. The quantitative estimate of drug-likeness (QED) is 0.130. The average Bonchev–Trinajstić information content (AvgIpc) is 3.56. The molecule has 1 amide bonds. The standard InChI is InChI=1S/C29H22ClF4N5O4/c30-25-26(37-38-24(29(32,33)34)14-23(36-27(25)38)16-4-7-18(31)8-5-16)28(40)35-19-11-20(39(41)42)13-22(12-19)43-21-9-6-15-2-1-3-17(15)10-21/h4-13,23-24,36H,1-3,14H2,(H,35,40)/t23-,24+/m1/s1. The lowest BCUT2D eigenvalue weighted by molar-refractivity contribution is -0.384. The van der Waals surface area contributed by atoms with Crippen molar-refractivity contribution in [2.24, 2.45) is 0 Å². The molecule has 43 heavy (non-hydrogen) atoms. The molecule has 1 aliphatic carbocycles. The van der Waals surface area contributed by atoms with Crippen LogP contribution < -0.4 is 15.4 Å². The van der Waals surface area contributed by atoms with Gasteiger partial charge in [-0.3, -0.25) is 14.9 Å². The minimum absolute atomic E-state index is 0.0538. The van der Waals surface area contributed by atoms with Crippen molar-refractivity contribution in [1.82, 2.24) is 9.78 Å². The lowest BCUT2D eigenvalue weighted by Gasteiger charge is -2.33. The number of ether oxygens (including phenoxy) is 1. The Morgan fingerprint density at radius 3 is 2.53 bits per heavy atom. The summed E-state index contributed by atoms with van der Waals surface area (Å²) >= 11 is 6.40. The van der Waals surface area contributed by atoms with Crippen LogP contribution in [0.2, 0.25) is 5.02 Å². The number of hydrogen-bond acceptors (Lipinski definition) is 6. The lowest BCUT2D eigenvalue weighted by atomic mass is 9.97. The zero-order valence-electron chi connectivity index (χ0n) is 22.1. The Kier molecular flexibility index (Phi) is 7.20. The molecule has 3 aromatic carbocycles. The second kappa shape index (κ2) is 10.9. The van der Waals surface area contributed by atoms with Gasteiger partial charge in [-0.1, -0.05) is 29.8 Å². The number of non-ortho nitro benzene ring substituents is 1. The number of aromatic nitrogens is 2. The molecule has 222 valence electrons. The smallest absolute Gasteiger partial charge is 0.410 e. The molecule has 1 aromatic heterocycles. The third kappa shape index (κ3) is 5.72. The number of hydrogen-bond donors (Lipinski definition) is 2. The highest BCUT2D eigenvalue weighted by molar-refractivity contribution is 6.36. The average molecular weight is 616 g/mol. The zero-order chi connectivity index (χ0) is 30.5. The minimum atomic E-state index is -4.75.